The third kappa shape index (κ3) is 3.18. The SMILES string of the molecule is CCCSCC(=O)c1ccccc1C. The Balaban J connectivity index is 2.56. The van der Waals surface area contributed by atoms with E-state index in [4.69, 9.17) is 0 Å². The molecule has 1 nitrogen and oxygen atoms in total. The summed E-state index contributed by atoms with van der Waals surface area (Å²) in [4.78, 5) is 11.7. The van der Waals surface area contributed by atoms with Crippen molar-refractivity contribution in [1.29, 1.82) is 0 Å². The number of ketones is 1. The quantitative estimate of drug-likeness (QED) is 0.545. The molecule has 0 amide bonds. The van der Waals surface area contributed by atoms with E-state index in [0.717, 1.165) is 23.3 Å². The number of carbonyl (C=O) groups is 1. The van der Waals surface area contributed by atoms with Gasteiger partial charge in [0.15, 0.2) is 5.78 Å². The number of Topliss-reactive ketones (excluding diaryl/α,β-unsaturated/α-hetero) is 1. The fourth-order valence-corrected chi connectivity index (χ4v) is 2.05. The van der Waals surface area contributed by atoms with E-state index in [1.54, 1.807) is 11.8 Å². The van der Waals surface area contributed by atoms with Crippen LogP contribution in [-0.4, -0.2) is 17.3 Å². The second kappa shape index (κ2) is 5.86. The number of thioether (sulfide) groups is 1. The molecule has 1 rings (SSSR count). The lowest BCUT2D eigenvalue weighted by atomic mass is 10.1. The van der Waals surface area contributed by atoms with E-state index >= 15 is 0 Å². The second-order valence-corrected chi connectivity index (χ2v) is 4.40. The van der Waals surface area contributed by atoms with Crippen molar-refractivity contribution >= 4 is 17.5 Å². The molecule has 1 aromatic rings. The van der Waals surface area contributed by atoms with Crippen LogP contribution in [0, 0.1) is 6.92 Å². The molecule has 2 heteroatoms. The van der Waals surface area contributed by atoms with Gasteiger partial charge in [-0.2, -0.15) is 11.8 Å². The van der Waals surface area contributed by atoms with E-state index in [9.17, 15) is 4.79 Å². The molecule has 14 heavy (non-hydrogen) atoms. The van der Waals surface area contributed by atoms with Crippen LogP contribution in [0.25, 0.3) is 0 Å². The molecule has 0 aromatic heterocycles. The lowest BCUT2D eigenvalue weighted by Gasteiger charge is -2.03. The van der Waals surface area contributed by atoms with Crippen LogP contribution in [0.15, 0.2) is 24.3 Å². The molecule has 0 heterocycles. The van der Waals surface area contributed by atoms with Crippen molar-refractivity contribution < 1.29 is 4.79 Å². The van der Waals surface area contributed by atoms with Crippen molar-refractivity contribution in [3.63, 3.8) is 0 Å². The van der Waals surface area contributed by atoms with Gasteiger partial charge in [0, 0.05) is 5.56 Å². The predicted octanol–water partition coefficient (Wildman–Crippen LogP) is 3.32. The number of carbonyl (C=O) groups excluding carboxylic acids is 1. The first kappa shape index (κ1) is 11.3. The van der Waals surface area contributed by atoms with Gasteiger partial charge in [0.1, 0.15) is 0 Å². The van der Waals surface area contributed by atoms with Crippen molar-refractivity contribution in [3.05, 3.63) is 35.4 Å². The van der Waals surface area contributed by atoms with Crippen LogP contribution in [0.2, 0.25) is 0 Å². The molecule has 0 N–H and O–H groups in total. The summed E-state index contributed by atoms with van der Waals surface area (Å²) < 4.78 is 0. The van der Waals surface area contributed by atoms with Crippen molar-refractivity contribution in [2.24, 2.45) is 0 Å². The van der Waals surface area contributed by atoms with E-state index in [2.05, 4.69) is 6.92 Å². The molecule has 0 fully saturated rings. The van der Waals surface area contributed by atoms with Gasteiger partial charge in [-0.25, -0.2) is 0 Å². The zero-order valence-electron chi connectivity index (χ0n) is 8.75. The minimum absolute atomic E-state index is 0.251. The molecule has 1 aromatic carbocycles. The number of hydrogen-bond acceptors (Lipinski definition) is 2. The van der Waals surface area contributed by atoms with Gasteiger partial charge in [0.25, 0.3) is 0 Å². The highest BCUT2D eigenvalue weighted by Gasteiger charge is 2.07. The maximum Gasteiger partial charge on any atom is 0.172 e. The van der Waals surface area contributed by atoms with Crippen molar-refractivity contribution in [2.45, 2.75) is 20.3 Å². The van der Waals surface area contributed by atoms with Crippen LogP contribution >= 0.6 is 11.8 Å². The largest absolute Gasteiger partial charge is 0.293 e. The summed E-state index contributed by atoms with van der Waals surface area (Å²) in [5.41, 5.74) is 1.95. The molecule has 0 bridgehead atoms. The third-order valence-corrected chi connectivity index (χ3v) is 3.19. The van der Waals surface area contributed by atoms with Gasteiger partial charge in [0.2, 0.25) is 0 Å². The minimum Gasteiger partial charge on any atom is -0.293 e. The molecule has 76 valence electrons. The molecule has 0 aliphatic heterocycles. The normalized spacial score (nSPS) is 10.1. The average Bonchev–Trinajstić information content (AvgIpc) is 2.18. The van der Waals surface area contributed by atoms with E-state index in [1.807, 2.05) is 31.2 Å². The molecule has 0 unspecified atom stereocenters. The van der Waals surface area contributed by atoms with Crippen molar-refractivity contribution in [3.8, 4) is 0 Å². The van der Waals surface area contributed by atoms with Gasteiger partial charge < -0.3 is 0 Å². The Morgan fingerprint density at radius 1 is 1.36 bits per heavy atom. The molecule has 0 saturated carbocycles. The fourth-order valence-electron chi connectivity index (χ4n) is 1.27. The third-order valence-electron chi connectivity index (χ3n) is 2.03. The lowest BCUT2D eigenvalue weighted by Crippen LogP contribution is -2.04. The molecule has 0 aliphatic carbocycles. The summed E-state index contributed by atoms with van der Waals surface area (Å²) in [5, 5.41) is 0. The highest BCUT2D eigenvalue weighted by molar-refractivity contribution is 7.99. The van der Waals surface area contributed by atoms with Gasteiger partial charge >= 0.3 is 0 Å². The van der Waals surface area contributed by atoms with Gasteiger partial charge in [-0.15, -0.1) is 0 Å². The molecule has 0 spiro atoms. The topological polar surface area (TPSA) is 17.1 Å². The first-order valence-corrected chi connectivity index (χ1v) is 6.07. The maximum absolute atomic E-state index is 11.7. The summed E-state index contributed by atoms with van der Waals surface area (Å²) in [6.45, 7) is 4.11. The van der Waals surface area contributed by atoms with Crippen LogP contribution in [0.3, 0.4) is 0 Å². The fraction of sp³-hybridized carbons (Fsp3) is 0.417. The van der Waals surface area contributed by atoms with Gasteiger partial charge in [-0.05, 0) is 24.7 Å². The Morgan fingerprint density at radius 2 is 2.07 bits per heavy atom. The Labute approximate surface area is 89.9 Å². The van der Waals surface area contributed by atoms with Crippen LogP contribution in [0.4, 0.5) is 0 Å². The molecule has 0 radical (unpaired) electrons. The van der Waals surface area contributed by atoms with Crippen LogP contribution in [0.1, 0.15) is 29.3 Å². The maximum atomic E-state index is 11.7. The molecule has 0 saturated heterocycles. The highest BCUT2D eigenvalue weighted by atomic mass is 32.2. The van der Waals surface area contributed by atoms with Gasteiger partial charge in [-0.1, -0.05) is 31.2 Å². The Bertz CT molecular complexity index is 307. The van der Waals surface area contributed by atoms with E-state index in [-0.39, 0.29) is 5.78 Å². The van der Waals surface area contributed by atoms with E-state index in [1.165, 1.54) is 0 Å². The standard InChI is InChI=1S/C12H16OS/c1-3-8-14-9-12(13)11-7-5-4-6-10(11)2/h4-7H,3,8-9H2,1-2H3. The smallest absolute Gasteiger partial charge is 0.172 e. The zero-order valence-corrected chi connectivity index (χ0v) is 9.56. The number of hydrogen-bond donors (Lipinski definition) is 0. The Kier molecular flexibility index (Phi) is 4.74. The predicted molar refractivity (Wildman–Crippen MR) is 63.1 cm³/mol. The molecule has 0 atom stereocenters. The average molecular weight is 208 g/mol. The zero-order chi connectivity index (χ0) is 10.4. The molecular formula is C12H16OS. The van der Waals surface area contributed by atoms with Crippen LogP contribution in [0.5, 0.6) is 0 Å². The number of rotatable bonds is 5. The summed E-state index contributed by atoms with van der Waals surface area (Å²) >= 11 is 1.72. The van der Waals surface area contributed by atoms with E-state index in [0.29, 0.717) is 5.75 Å². The Hall–Kier alpha value is -0.760. The molecular weight excluding hydrogens is 192 g/mol. The van der Waals surface area contributed by atoms with Crippen molar-refractivity contribution in [1.82, 2.24) is 0 Å². The van der Waals surface area contributed by atoms with Crippen LogP contribution in [-0.2, 0) is 0 Å². The Morgan fingerprint density at radius 3 is 2.71 bits per heavy atom. The number of benzene rings is 1. The van der Waals surface area contributed by atoms with Crippen LogP contribution < -0.4 is 0 Å². The van der Waals surface area contributed by atoms with Gasteiger partial charge in [0.05, 0.1) is 5.75 Å². The number of aryl methyl sites for hydroxylation is 1. The monoisotopic (exact) mass is 208 g/mol. The minimum atomic E-state index is 0.251. The highest BCUT2D eigenvalue weighted by Crippen LogP contribution is 2.12. The summed E-state index contributed by atoms with van der Waals surface area (Å²) in [5.74, 6) is 1.93. The lowest BCUT2D eigenvalue weighted by molar-refractivity contribution is 0.102. The second-order valence-electron chi connectivity index (χ2n) is 3.29. The first-order valence-electron chi connectivity index (χ1n) is 4.92. The summed E-state index contributed by atoms with van der Waals surface area (Å²) in [7, 11) is 0. The van der Waals surface area contributed by atoms with Gasteiger partial charge in [-0.3, -0.25) is 4.79 Å². The molecule has 0 aliphatic rings. The summed E-state index contributed by atoms with van der Waals surface area (Å²) in [6.07, 6.45) is 1.13. The van der Waals surface area contributed by atoms with Crippen molar-refractivity contribution in [2.75, 3.05) is 11.5 Å². The summed E-state index contributed by atoms with van der Waals surface area (Å²) in [6, 6.07) is 7.78. The first-order chi connectivity index (χ1) is 6.75. The van der Waals surface area contributed by atoms with E-state index < -0.39 is 0 Å².